The summed E-state index contributed by atoms with van der Waals surface area (Å²) < 4.78 is 1.89. The van der Waals surface area contributed by atoms with E-state index in [0.717, 1.165) is 22.3 Å². The maximum absolute atomic E-state index is 4.74. The molecule has 3 aromatic rings. The molecule has 1 aliphatic rings. The third kappa shape index (κ3) is 1.64. The zero-order valence-electron chi connectivity index (χ0n) is 11.4. The third-order valence-electron chi connectivity index (χ3n) is 3.68. The van der Waals surface area contributed by atoms with E-state index in [4.69, 9.17) is 5.10 Å². The SMILES string of the molecule is CC(C)c1nnc2sc(C3CNc4ccccc43)nn12. The second-order valence-corrected chi connectivity index (χ2v) is 6.36. The van der Waals surface area contributed by atoms with Crippen LogP contribution in [0.1, 0.15) is 42.1 Å². The highest BCUT2D eigenvalue weighted by Gasteiger charge is 2.27. The number of hydrogen-bond donors (Lipinski definition) is 1. The van der Waals surface area contributed by atoms with Gasteiger partial charge in [-0.15, -0.1) is 10.2 Å². The van der Waals surface area contributed by atoms with E-state index in [-0.39, 0.29) is 0 Å². The van der Waals surface area contributed by atoms with Crippen LogP contribution in [0.5, 0.6) is 0 Å². The van der Waals surface area contributed by atoms with Crippen LogP contribution in [-0.2, 0) is 0 Å². The quantitative estimate of drug-likeness (QED) is 0.786. The molecular weight excluding hydrogens is 270 g/mol. The van der Waals surface area contributed by atoms with Crippen LogP contribution >= 0.6 is 11.3 Å². The van der Waals surface area contributed by atoms with Crippen molar-refractivity contribution >= 4 is 22.0 Å². The van der Waals surface area contributed by atoms with E-state index in [0.29, 0.717) is 11.8 Å². The molecule has 6 heteroatoms. The summed E-state index contributed by atoms with van der Waals surface area (Å²) in [6, 6.07) is 8.43. The molecule has 0 bridgehead atoms. The zero-order chi connectivity index (χ0) is 13.7. The number of benzene rings is 1. The average Bonchev–Trinajstić information content (AvgIpc) is 3.10. The Morgan fingerprint density at radius 2 is 2.15 bits per heavy atom. The fraction of sp³-hybridized carbons (Fsp3) is 0.357. The molecule has 0 spiro atoms. The molecule has 0 aliphatic carbocycles. The minimum Gasteiger partial charge on any atom is -0.384 e. The number of aromatic nitrogens is 4. The lowest BCUT2D eigenvalue weighted by Crippen LogP contribution is -2.05. The minimum atomic E-state index is 0.318. The fourth-order valence-corrected chi connectivity index (χ4v) is 3.62. The number of para-hydroxylation sites is 1. The van der Waals surface area contributed by atoms with Gasteiger partial charge in [-0.3, -0.25) is 0 Å². The van der Waals surface area contributed by atoms with Gasteiger partial charge in [0.2, 0.25) is 4.96 Å². The Morgan fingerprint density at radius 3 is 3.00 bits per heavy atom. The van der Waals surface area contributed by atoms with Gasteiger partial charge in [-0.2, -0.15) is 9.61 Å². The molecule has 0 saturated heterocycles. The van der Waals surface area contributed by atoms with Gasteiger partial charge in [-0.25, -0.2) is 0 Å². The van der Waals surface area contributed by atoms with E-state index >= 15 is 0 Å². The van der Waals surface area contributed by atoms with E-state index in [1.807, 2.05) is 4.52 Å². The van der Waals surface area contributed by atoms with Gasteiger partial charge in [0, 0.05) is 18.2 Å². The largest absolute Gasteiger partial charge is 0.384 e. The first-order valence-corrected chi connectivity index (χ1v) is 7.60. The van der Waals surface area contributed by atoms with E-state index in [2.05, 4.69) is 53.6 Å². The molecular formula is C14H15N5S. The van der Waals surface area contributed by atoms with Crippen LogP contribution in [-0.4, -0.2) is 26.4 Å². The van der Waals surface area contributed by atoms with Gasteiger partial charge in [-0.1, -0.05) is 43.4 Å². The molecule has 1 atom stereocenters. The first kappa shape index (κ1) is 11.8. The highest BCUT2D eigenvalue weighted by atomic mass is 32.1. The Morgan fingerprint density at radius 1 is 1.30 bits per heavy atom. The van der Waals surface area contributed by atoms with Crippen LogP contribution in [0, 0.1) is 0 Å². The molecule has 0 fully saturated rings. The predicted octanol–water partition coefficient (Wildman–Crippen LogP) is 2.87. The van der Waals surface area contributed by atoms with E-state index < -0.39 is 0 Å². The molecule has 1 aromatic carbocycles. The number of fused-ring (bicyclic) bond motifs is 2. The van der Waals surface area contributed by atoms with Crippen molar-refractivity contribution in [2.45, 2.75) is 25.7 Å². The van der Waals surface area contributed by atoms with E-state index in [9.17, 15) is 0 Å². The molecule has 0 amide bonds. The van der Waals surface area contributed by atoms with Crippen LogP contribution in [0.3, 0.4) is 0 Å². The van der Waals surface area contributed by atoms with Crippen LogP contribution in [0.15, 0.2) is 24.3 Å². The molecule has 0 saturated carbocycles. The van der Waals surface area contributed by atoms with Crippen LogP contribution < -0.4 is 5.32 Å². The monoisotopic (exact) mass is 285 g/mol. The minimum absolute atomic E-state index is 0.318. The van der Waals surface area contributed by atoms with Crippen LogP contribution in [0.4, 0.5) is 5.69 Å². The Labute approximate surface area is 120 Å². The summed E-state index contributed by atoms with van der Waals surface area (Å²) in [5.41, 5.74) is 2.54. The van der Waals surface area contributed by atoms with Crippen molar-refractivity contribution in [3.63, 3.8) is 0 Å². The molecule has 0 radical (unpaired) electrons. The Kier molecular flexibility index (Phi) is 2.53. The molecule has 102 valence electrons. The van der Waals surface area contributed by atoms with Crippen molar-refractivity contribution in [2.75, 3.05) is 11.9 Å². The first-order chi connectivity index (χ1) is 9.74. The van der Waals surface area contributed by atoms with Gasteiger partial charge >= 0.3 is 0 Å². The number of nitrogens with zero attached hydrogens (tertiary/aromatic N) is 4. The second kappa shape index (κ2) is 4.28. The highest BCUT2D eigenvalue weighted by Crippen LogP contribution is 2.37. The maximum atomic E-state index is 4.74. The van der Waals surface area contributed by atoms with Crippen molar-refractivity contribution in [1.82, 2.24) is 19.8 Å². The molecule has 3 heterocycles. The van der Waals surface area contributed by atoms with Crippen LogP contribution in [0.2, 0.25) is 0 Å². The summed E-state index contributed by atoms with van der Waals surface area (Å²) in [6.45, 7) is 5.13. The highest BCUT2D eigenvalue weighted by molar-refractivity contribution is 7.16. The lowest BCUT2D eigenvalue weighted by Gasteiger charge is -2.05. The first-order valence-electron chi connectivity index (χ1n) is 6.79. The molecule has 4 rings (SSSR count). The summed E-state index contributed by atoms with van der Waals surface area (Å²) in [4.78, 5) is 0.882. The van der Waals surface area contributed by atoms with Crippen LogP contribution in [0.25, 0.3) is 4.96 Å². The summed E-state index contributed by atoms with van der Waals surface area (Å²) in [5, 5.41) is 17.7. The van der Waals surface area contributed by atoms with E-state index in [1.165, 1.54) is 11.3 Å². The predicted molar refractivity (Wildman–Crippen MR) is 79.5 cm³/mol. The van der Waals surface area contributed by atoms with Gasteiger partial charge < -0.3 is 5.32 Å². The second-order valence-electron chi connectivity index (χ2n) is 5.37. The summed E-state index contributed by atoms with van der Waals surface area (Å²) in [6.07, 6.45) is 0. The maximum Gasteiger partial charge on any atom is 0.234 e. The lowest BCUT2D eigenvalue weighted by molar-refractivity contribution is 0.710. The molecule has 20 heavy (non-hydrogen) atoms. The Hall–Kier alpha value is -1.95. The third-order valence-corrected chi connectivity index (χ3v) is 4.69. The molecule has 1 unspecified atom stereocenters. The van der Waals surface area contributed by atoms with Gasteiger partial charge in [0.25, 0.3) is 0 Å². The number of hydrogen-bond acceptors (Lipinski definition) is 5. The van der Waals surface area contributed by atoms with Gasteiger partial charge in [0.05, 0.1) is 5.92 Å². The van der Waals surface area contributed by atoms with E-state index in [1.54, 1.807) is 11.3 Å². The lowest BCUT2D eigenvalue weighted by atomic mass is 10.0. The van der Waals surface area contributed by atoms with Gasteiger partial charge in [0.1, 0.15) is 5.01 Å². The van der Waals surface area contributed by atoms with Crippen molar-refractivity contribution < 1.29 is 0 Å². The topological polar surface area (TPSA) is 55.1 Å². The summed E-state index contributed by atoms with van der Waals surface area (Å²) in [7, 11) is 0. The zero-order valence-corrected chi connectivity index (χ0v) is 12.2. The van der Waals surface area contributed by atoms with Crippen molar-refractivity contribution in [3.8, 4) is 0 Å². The molecule has 2 aromatic heterocycles. The standard InChI is InChI=1S/C14H15N5S/c1-8(2)12-16-17-14-19(12)18-13(20-14)10-7-15-11-6-4-3-5-9(10)11/h3-6,8,10,15H,7H2,1-2H3. The van der Waals surface area contributed by atoms with Crippen molar-refractivity contribution in [1.29, 1.82) is 0 Å². The Balaban J connectivity index is 1.80. The number of nitrogens with one attached hydrogen (secondary N) is 1. The molecule has 5 nitrogen and oxygen atoms in total. The molecule has 1 N–H and O–H groups in total. The normalized spacial score (nSPS) is 17.6. The number of rotatable bonds is 2. The van der Waals surface area contributed by atoms with Gasteiger partial charge in [-0.05, 0) is 11.6 Å². The van der Waals surface area contributed by atoms with Crippen molar-refractivity contribution in [3.05, 3.63) is 40.7 Å². The van der Waals surface area contributed by atoms with Gasteiger partial charge in [0.15, 0.2) is 5.82 Å². The summed E-state index contributed by atoms with van der Waals surface area (Å²) >= 11 is 1.63. The Bertz CT molecular complexity index is 773. The van der Waals surface area contributed by atoms with Crippen molar-refractivity contribution in [2.24, 2.45) is 0 Å². The number of anilines is 1. The molecule has 1 aliphatic heterocycles. The fourth-order valence-electron chi connectivity index (χ4n) is 2.65. The summed E-state index contributed by atoms with van der Waals surface area (Å²) in [5.74, 6) is 1.58. The average molecular weight is 285 g/mol. The smallest absolute Gasteiger partial charge is 0.234 e.